The molecule has 0 radical (unpaired) electrons. The maximum Gasteiger partial charge on any atom is 0.0910 e. The quantitative estimate of drug-likeness (QED) is 0.450. The molecule has 1 aromatic rings. The smallest absolute Gasteiger partial charge is 0.0910 e. The van der Waals surface area contributed by atoms with Crippen LogP contribution in [0.25, 0.3) is 0 Å². The van der Waals surface area contributed by atoms with Crippen LogP contribution in [0.1, 0.15) is 32.3 Å². The summed E-state index contributed by atoms with van der Waals surface area (Å²) >= 11 is 0. The molecule has 0 saturated carbocycles. The van der Waals surface area contributed by atoms with Crippen molar-refractivity contribution in [3.05, 3.63) is 35.9 Å². The lowest BCUT2D eigenvalue weighted by molar-refractivity contribution is 0.321. The highest BCUT2D eigenvalue weighted by molar-refractivity contribution is 5.31. The number of hydrogen-bond acceptors (Lipinski definition) is 2. The Hall–Kier alpha value is -1.30. The molecule has 1 aromatic carbocycles. The Kier molecular flexibility index (Phi) is 4.54. The van der Waals surface area contributed by atoms with Crippen molar-refractivity contribution in [3.8, 4) is 12.3 Å². The molecule has 2 heteroatoms. The molecule has 1 rings (SSSR count). The van der Waals surface area contributed by atoms with Crippen molar-refractivity contribution in [2.45, 2.75) is 38.1 Å². The Balaban J connectivity index is 3.21. The minimum atomic E-state index is -0.134. The summed E-state index contributed by atoms with van der Waals surface area (Å²) in [7, 11) is 0. The SMILES string of the molecule is C#CC(NN)C(CC)(CC)c1ccccc1. The van der Waals surface area contributed by atoms with Crippen LogP contribution in [-0.4, -0.2) is 6.04 Å². The normalized spacial score (nSPS) is 13.1. The van der Waals surface area contributed by atoms with Gasteiger partial charge in [0, 0.05) is 5.41 Å². The highest BCUT2D eigenvalue weighted by Crippen LogP contribution is 2.34. The van der Waals surface area contributed by atoms with E-state index < -0.39 is 0 Å². The molecule has 0 bridgehead atoms. The Morgan fingerprint density at radius 1 is 1.31 bits per heavy atom. The third-order valence-corrected chi connectivity index (χ3v) is 3.50. The molecule has 1 unspecified atom stereocenters. The first-order valence-corrected chi connectivity index (χ1v) is 5.73. The van der Waals surface area contributed by atoms with Gasteiger partial charge in [0.05, 0.1) is 6.04 Å². The summed E-state index contributed by atoms with van der Waals surface area (Å²) in [5.41, 5.74) is 3.93. The minimum Gasteiger partial charge on any atom is -0.270 e. The van der Waals surface area contributed by atoms with Gasteiger partial charge in [-0.25, -0.2) is 5.43 Å². The van der Waals surface area contributed by atoms with E-state index >= 15 is 0 Å². The van der Waals surface area contributed by atoms with Crippen LogP contribution >= 0.6 is 0 Å². The molecule has 86 valence electrons. The first-order chi connectivity index (χ1) is 7.75. The van der Waals surface area contributed by atoms with Gasteiger partial charge in [0.1, 0.15) is 0 Å². The van der Waals surface area contributed by atoms with Crippen molar-refractivity contribution in [1.82, 2.24) is 5.43 Å². The van der Waals surface area contributed by atoms with Gasteiger partial charge in [0.15, 0.2) is 0 Å². The topological polar surface area (TPSA) is 38.0 Å². The second-order valence-electron chi connectivity index (χ2n) is 4.00. The highest BCUT2D eigenvalue weighted by Gasteiger charge is 2.35. The van der Waals surface area contributed by atoms with Gasteiger partial charge in [0.2, 0.25) is 0 Å². The number of nitrogens with two attached hydrogens (primary N) is 1. The van der Waals surface area contributed by atoms with Crippen molar-refractivity contribution in [2.24, 2.45) is 5.84 Å². The molecular formula is C14H20N2. The zero-order chi connectivity index (χ0) is 12.0. The van der Waals surface area contributed by atoms with Crippen molar-refractivity contribution in [1.29, 1.82) is 0 Å². The molecule has 0 aliphatic carbocycles. The maximum atomic E-state index is 5.57. The molecule has 0 aliphatic heterocycles. The molecule has 3 N–H and O–H groups in total. The van der Waals surface area contributed by atoms with Crippen LogP contribution in [0, 0.1) is 12.3 Å². The van der Waals surface area contributed by atoms with Gasteiger partial charge >= 0.3 is 0 Å². The summed E-state index contributed by atoms with van der Waals surface area (Å²) in [6.07, 6.45) is 7.50. The zero-order valence-electron chi connectivity index (χ0n) is 10.0. The van der Waals surface area contributed by atoms with E-state index in [1.54, 1.807) is 0 Å². The van der Waals surface area contributed by atoms with Crippen LogP contribution in [0.3, 0.4) is 0 Å². The highest BCUT2D eigenvalue weighted by atomic mass is 15.2. The molecule has 2 nitrogen and oxygen atoms in total. The minimum absolute atomic E-state index is 0.0786. The van der Waals surface area contributed by atoms with E-state index in [0.717, 1.165) is 12.8 Å². The predicted octanol–water partition coefficient (Wildman–Crippen LogP) is 2.21. The van der Waals surface area contributed by atoms with Gasteiger partial charge in [-0.2, -0.15) is 0 Å². The third kappa shape index (κ3) is 2.11. The van der Waals surface area contributed by atoms with E-state index in [1.165, 1.54) is 5.56 Å². The van der Waals surface area contributed by atoms with Crippen LogP contribution in [0.15, 0.2) is 30.3 Å². The van der Waals surface area contributed by atoms with Crippen LogP contribution < -0.4 is 11.3 Å². The van der Waals surface area contributed by atoms with E-state index in [0.29, 0.717) is 0 Å². The number of benzene rings is 1. The van der Waals surface area contributed by atoms with E-state index in [4.69, 9.17) is 12.3 Å². The van der Waals surface area contributed by atoms with Crippen LogP contribution in [-0.2, 0) is 5.41 Å². The average molecular weight is 216 g/mol. The monoisotopic (exact) mass is 216 g/mol. The Bertz CT molecular complexity index is 347. The fraction of sp³-hybridized carbons (Fsp3) is 0.429. The molecule has 0 fully saturated rings. The summed E-state index contributed by atoms with van der Waals surface area (Å²) in [5, 5.41) is 0. The summed E-state index contributed by atoms with van der Waals surface area (Å²) in [6.45, 7) is 4.30. The molecule has 0 amide bonds. The second kappa shape index (κ2) is 5.69. The first kappa shape index (κ1) is 12.8. The van der Waals surface area contributed by atoms with Crippen LogP contribution in [0.4, 0.5) is 0 Å². The lowest BCUT2D eigenvalue weighted by Gasteiger charge is -2.37. The van der Waals surface area contributed by atoms with Gasteiger partial charge < -0.3 is 0 Å². The molecular weight excluding hydrogens is 196 g/mol. The Labute approximate surface area is 98.2 Å². The number of nitrogens with one attached hydrogen (secondary N) is 1. The Morgan fingerprint density at radius 3 is 2.25 bits per heavy atom. The van der Waals surface area contributed by atoms with E-state index in [-0.39, 0.29) is 11.5 Å². The van der Waals surface area contributed by atoms with Crippen molar-refractivity contribution >= 4 is 0 Å². The second-order valence-corrected chi connectivity index (χ2v) is 4.00. The lowest BCUT2D eigenvalue weighted by atomic mass is 9.70. The number of hydrogen-bond donors (Lipinski definition) is 2. The van der Waals surface area contributed by atoms with Crippen molar-refractivity contribution in [3.63, 3.8) is 0 Å². The average Bonchev–Trinajstić information content (AvgIpc) is 2.37. The summed E-state index contributed by atoms with van der Waals surface area (Å²) in [5.74, 6) is 8.32. The first-order valence-electron chi connectivity index (χ1n) is 5.73. The summed E-state index contributed by atoms with van der Waals surface area (Å²) in [4.78, 5) is 0. The van der Waals surface area contributed by atoms with Gasteiger partial charge in [-0.05, 0) is 18.4 Å². The van der Waals surface area contributed by atoms with Crippen LogP contribution in [0.2, 0.25) is 0 Å². The molecule has 0 spiro atoms. The maximum absolute atomic E-state index is 5.57. The van der Waals surface area contributed by atoms with Gasteiger partial charge in [-0.1, -0.05) is 50.1 Å². The molecule has 16 heavy (non-hydrogen) atoms. The molecule has 0 saturated heterocycles. The number of terminal acetylenes is 1. The fourth-order valence-corrected chi connectivity index (χ4v) is 2.37. The van der Waals surface area contributed by atoms with Crippen molar-refractivity contribution < 1.29 is 0 Å². The molecule has 1 atom stereocenters. The predicted molar refractivity (Wildman–Crippen MR) is 68.6 cm³/mol. The van der Waals surface area contributed by atoms with Gasteiger partial charge in [0.25, 0.3) is 0 Å². The lowest BCUT2D eigenvalue weighted by Crippen LogP contribution is -2.50. The number of hydrazine groups is 1. The molecule has 0 heterocycles. The van der Waals surface area contributed by atoms with E-state index in [9.17, 15) is 0 Å². The van der Waals surface area contributed by atoms with Crippen LogP contribution in [0.5, 0.6) is 0 Å². The Morgan fingerprint density at radius 2 is 1.88 bits per heavy atom. The fourth-order valence-electron chi connectivity index (χ4n) is 2.37. The van der Waals surface area contributed by atoms with E-state index in [2.05, 4.69) is 37.3 Å². The zero-order valence-corrected chi connectivity index (χ0v) is 10.0. The van der Waals surface area contributed by atoms with Crippen molar-refractivity contribution in [2.75, 3.05) is 0 Å². The third-order valence-electron chi connectivity index (χ3n) is 3.50. The standard InChI is InChI=1S/C14H20N2/c1-4-13(16-15)14(5-2,6-3)12-10-8-7-9-11-12/h1,7-11,13,16H,5-6,15H2,2-3H3. The van der Waals surface area contributed by atoms with Gasteiger partial charge in [-0.15, -0.1) is 6.42 Å². The van der Waals surface area contributed by atoms with E-state index in [1.807, 2.05) is 18.2 Å². The molecule has 0 aliphatic rings. The summed E-state index contributed by atoms with van der Waals surface area (Å²) < 4.78 is 0. The largest absolute Gasteiger partial charge is 0.270 e. The van der Waals surface area contributed by atoms with Gasteiger partial charge in [-0.3, -0.25) is 5.84 Å². The number of rotatable bonds is 5. The molecule has 0 aromatic heterocycles. The summed E-state index contributed by atoms with van der Waals surface area (Å²) in [6, 6.07) is 10.2.